The minimum atomic E-state index is -2.22. The van der Waals surface area contributed by atoms with Gasteiger partial charge in [-0.25, -0.2) is 14.0 Å². The molecule has 0 spiro atoms. The molecule has 19 heavy (non-hydrogen) atoms. The Morgan fingerprint density at radius 1 is 1.32 bits per heavy atom. The van der Waals surface area contributed by atoms with Crippen molar-refractivity contribution in [1.82, 2.24) is 0 Å². The first-order chi connectivity index (χ1) is 9.08. The van der Waals surface area contributed by atoms with E-state index in [1.54, 1.807) is 30.3 Å². The van der Waals surface area contributed by atoms with Gasteiger partial charge in [-0.15, -0.1) is 0 Å². The fourth-order valence-corrected chi connectivity index (χ4v) is 2.26. The molecule has 1 aromatic rings. The highest BCUT2D eigenvalue weighted by molar-refractivity contribution is 5.90. The molecule has 1 aromatic carbocycles. The summed E-state index contributed by atoms with van der Waals surface area (Å²) in [6.45, 7) is 0. The van der Waals surface area contributed by atoms with Crippen LogP contribution in [0.25, 0.3) is 0 Å². The molecule has 0 saturated heterocycles. The van der Waals surface area contributed by atoms with Crippen LogP contribution in [0.4, 0.5) is 4.39 Å². The fourth-order valence-electron chi connectivity index (χ4n) is 2.26. The number of methoxy groups -OCH3 is 1. The lowest BCUT2D eigenvalue weighted by atomic mass is 10.0. The third-order valence-corrected chi connectivity index (χ3v) is 3.30. The summed E-state index contributed by atoms with van der Waals surface area (Å²) in [5.74, 6) is -1.60. The van der Waals surface area contributed by atoms with Gasteiger partial charge in [-0.05, 0) is 31.4 Å². The molecule has 5 heteroatoms. The summed E-state index contributed by atoms with van der Waals surface area (Å²) in [6.07, 6.45) is -0.248. The van der Waals surface area contributed by atoms with E-state index in [-0.39, 0.29) is 6.42 Å². The van der Waals surface area contributed by atoms with Crippen LogP contribution in [0.2, 0.25) is 0 Å². The van der Waals surface area contributed by atoms with E-state index in [1.165, 1.54) is 0 Å². The Kier molecular flexibility index (Phi) is 3.83. The van der Waals surface area contributed by atoms with E-state index in [9.17, 15) is 14.0 Å². The highest BCUT2D eigenvalue weighted by Gasteiger charge is 2.53. The molecule has 1 aliphatic rings. The molecule has 1 aliphatic carbocycles. The lowest BCUT2D eigenvalue weighted by Gasteiger charge is -2.24. The Bertz CT molecular complexity index is 474. The maximum absolute atomic E-state index is 14.5. The van der Waals surface area contributed by atoms with Crippen molar-refractivity contribution >= 4 is 11.9 Å². The lowest BCUT2D eigenvalue weighted by Crippen LogP contribution is -2.44. The molecule has 2 unspecified atom stereocenters. The first-order valence-corrected chi connectivity index (χ1v) is 6.11. The van der Waals surface area contributed by atoms with Crippen LogP contribution >= 0.6 is 0 Å². The number of ether oxygens (including phenoxy) is 2. The van der Waals surface area contributed by atoms with E-state index in [1.807, 2.05) is 0 Å². The number of hydrogen-bond donors (Lipinski definition) is 0. The van der Waals surface area contributed by atoms with Gasteiger partial charge in [-0.3, -0.25) is 0 Å². The second-order valence-electron chi connectivity index (χ2n) is 4.51. The topological polar surface area (TPSA) is 52.6 Å². The van der Waals surface area contributed by atoms with Crippen molar-refractivity contribution in [3.63, 3.8) is 0 Å². The molecule has 1 saturated carbocycles. The monoisotopic (exact) mass is 266 g/mol. The Hall–Kier alpha value is -1.91. The molecule has 0 aromatic heterocycles. The standard InChI is InChI=1S/C14H15FO4/c1-18-13(17)14(15)9-5-8-11(14)19-12(16)10-6-3-2-4-7-10/h2-4,6-7,11H,5,8-9H2,1H3. The van der Waals surface area contributed by atoms with Crippen LogP contribution in [0.5, 0.6) is 0 Å². The average molecular weight is 266 g/mol. The molecule has 0 radical (unpaired) electrons. The molecule has 0 aliphatic heterocycles. The molecule has 0 heterocycles. The summed E-state index contributed by atoms with van der Waals surface area (Å²) in [7, 11) is 1.12. The van der Waals surface area contributed by atoms with Crippen molar-refractivity contribution in [3.05, 3.63) is 35.9 Å². The number of halogens is 1. The zero-order valence-electron chi connectivity index (χ0n) is 10.6. The maximum Gasteiger partial charge on any atom is 0.347 e. The minimum absolute atomic E-state index is 0.0202. The molecular weight excluding hydrogens is 251 g/mol. The largest absolute Gasteiger partial charge is 0.467 e. The van der Waals surface area contributed by atoms with E-state index in [0.717, 1.165) is 7.11 Å². The van der Waals surface area contributed by atoms with Crippen LogP contribution in [-0.4, -0.2) is 30.8 Å². The number of benzene rings is 1. The zero-order valence-corrected chi connectivity index (χ0v) is 10.6. The Balaban J connectivity index is 2.10. The second-order valence-corrected chi connectivity index (χ2v) is 4.51. The molecule has 2 atom stereocenters. The lowest BCUT2D eigenvalue weighted by molar-refractivity contribution is -0.161. The molecule has 102 valence electrons. The first kappa shape index (κ1) is 13.5. The Labute approximate surface area is 110 Å². The van der Waals surface area contributed by atoms with Gasteiger partial charge in [0.05, 0.1) is 12.7 Å². The van der Waals surface area contributed by atoms with E-state index in [2.05, 4.69) is 4.74 Å². The molecular formula is C14H15FO4. The zero-order chi connectivity index (χ0) is 13.9. The number of carbonyl (C=O) groups excluding carboxylic acids is 2. The fraction of sp³-hybridized carbons (Fsp3) is 0.429. The van der Waals surface area contributed by atoms with Crippen molar-refractivity contribution in [3.8, 4) is 0 Å². The second kappa shape index (κ2) is 5.38. The van der Waals surface area contributed by atoms with Crippen LogP contribution in [-0.2, 0) is 14.3 Å². The van der Waals surface area contributed by atoms with Crippen LogP contribution in [0, 0.1) is 0 Å². The van der Waals surface area contributed by atoms with Gasteiger partial charge >= 0.3 is 11.9 Å². The number of hydrogen-bond acceptors (Lipinski definition) is 4. The highest BCUT2D eigenvalue weighted by Crippen LogP contribution is 2.37. The van der Waals surface area contributed by atoms with Gasteiger partial charge < -0.3 is 9.47 Å². The first-order valence-electron chi connectivity index (χ1n) is 6.11. The maximum atomic E-state index is 14.5. The van der Waals surface area contributed by atoms with Crippen molar-refractivity contribution in [2.45, 2.75) is 31.0 Å². The summed E-state index contributed by atoms with van der Waals surface area (Å²) in [4.78, 5) is 23.3. The molecule has 4 nitrogen and oxygen atoms in total. The van der Waals surface area contributed by atoms with Crippen molar-refractivity contribution in [2.75, 3.05) is 7.11 Å². The number of alkyl halides is 1. The number of rotatable bonds is 3. The molecule has 2 rings (SSSR count). The van der Waals surface area contributed by atoms with Gasteiger partial charge in [0.1, 0.15) is 6.10 Å². The molecule has 0 bridgehead atoms. The molecule has 0 N–H and O–H groups in total. The average Bonchev–Trinajstić information content (AvgIpc) is 2.81. The predicted octanol–water partition coefficient (Wildman–Crippen LogP) is 2.28. The van der Waals surface area contributed by atoms with E-state index < -0.39 is 23.7 Å². The number of esters is 2. The van der Waals surface area contributed by atoms with Crippen LogP contribution in [0.3, 0.4) is 0 Å². The van der Waals surface area contributed by atoms with Gasteiger partial charge in [-0.1, -0.05) is 18.2 Å². The van der Waals surface area contributed by atoms with Gasteiger partial charge in [0.15, 0.2) is 0 Å². The Morgan fingerprint density at radius 3 is 2.63 bits per heavy atom. The van der Waals surface area contributed by atoms with Crippen molar-refractivity contribution < 1.29 is 23.5 Å². The van der Waals surface area contributed by atoms with E-state index in [0.29, 0.717) is 18.4 Å². The van der Waals surface area contributed by atoms with Gasteiger partial charge in [0.2, 0.25) is 5.67 Å². The quantitative estimate of drug-likeness (QED) is 0.787. The summed E-state index contributed by atoms with van der Waals surface area (Å²) in [5, 5.41) is 0. The predicted molar refractivity (Wildman–Crippen MR) is 65.4 cm³/mol. The van der Waals surface area contributed by atoms with Crippen LogP contribution in [0.1, 0.15) is 29.6 Å². The Morgan fingerprint density at radius 2 is 2.00 bits per heavy atom. The summed E-state index contributed by atoms with van der Waals surface area (Å²) in [5.41, 5.74) is -1.89. The summed E-state index contributed by atoms with van der Waals surface area (Å²) >= 11 is 0. The van der Waals surface area contributed by atoms with Crippen molar-refractivity contribution in [2.24, 2.45) is 0 Å². The van der Waals surface area contributed by atoms with E-state index >= 15 is 0 Å². The van der Waals surface area contributed by atoms with Gasteiger partial charge in [-0.2, -0.15) is 0 Å². The van der Waals surface area contributed by atoms with E-state index in [4.69, 9.17) is 4.74 Å². The highest BCUT2D eigenvalue weighted by atomic mass is 19.1. The normalized spacial score (nSPS) is 25.9. The number of carbonyl (C=O) groups is 2. The smallest absolute Gasteiger partial charge is 0.347 e. The third-order valence-electron chi connectivity index (χ3n) is 3.30. The summed E-state index contributed by atoms with van der Waals surface area (Å²) < 4.78 is 24.1. The minimum Gasteiger partial charge on any atom is -0.467 e. The van der Waals surface area contributed by atoms with Crippen molar-refractivity contribution in [1.29, 1.82) is 0 Å². The third kappa shape index (κ3) is 2.59. The van der Waals surface area contributed by atoms with Gasteiger partial charge in [0, 0.05) is 0 Å². The molecule has 1 fully saturated rings. The van der Waals surface area contributed by atoms with Crippen LogP contribution in [0.15, 0.2) is 30.3 Å². The molecule has 0 amide bonds. The van der Waals surface area contributed by atoms with Gasteiger partial charge in [0.25, 0.3) is 0 Å². The van der Waals surface area contributed by atoms with Crippen LogP contribution < -0.4 is 0 Å². The summed E-state index contributed by atoms with van der Waals surface area (Å²) in [6, 6.07) is 8.30. The SMILES string of the molecule is COC(=O)C1(F)CCCC1OC(=O)c1ccccc1.